The van der Waals surface area contributed by atoms with E-state index in [1.807, 2.05) is 6.92 Å². The van der Waals surface area contributed by atoms with Gasteiger partial charge in [0.05, 0.1) is 10.1 Å². The highest BCUT2D eigenvalue weighted by atomic mass is 35.5. The second-order valence-electron chi connectivity index (χ2n) is 2.49. The van der Waals surface area contributed by atoms with Crippen LogP contribution in [0, 0.1) is 6.92 Å². The van der Waals surface area contributed by atoms with Crippen LogP contribution in [0.4, 0.5) is 0 Å². The lowest BCUT2D eigenvalue weighted by Gasteiger charge is -2.00. The van der Waals surface area contributed by atoms with Crippen molar-refractivity contribution < 1.29 is 8.42 Å². The molecular weight excluding hydrogens is 228 g/mol. The van der Waals surface area contributed by atoms with Gasteiger partial charge in [0.2, 0.25) is 8.87 Å². The van der Waals surface area contributed by atoms with Crippen molar-refractivity contribution in [2.24, 2.45) is 0 Å². The molecule has 5 heteroatoms. The lowest BCUT2D eigenvalue weighted by atomic mass is 10.2. The molecule has 1 aromatic rings. The van der Waals surface area contributed by atoms with Gasteiger partial charge in [0.15, 0.2) is 0 Å². The van der Waals surface area contributed by atoms with Crippen LogP contribution >= 0.6 is 22.4 Å². The Kier molecular flexibility index (Phi) is 3.64. The van der Waals surface area contributed by atoms with Crippen LogP contribution in [0.15, 0.2) is 29.2 Å². The van der Waals surface area contributed by atoms with Gasteiger partial charge in [-0.1, -0.05) is 17.7 Å². The average molecular weight is 237 g/mol. The van der Waals surface area contributed by atoms with E-state index >= 15 is 0 Å². The predicted octanol–water partition coefficient (Wildman–Crippen LogP) is 2.61. The molecule has 13 heavy (non-hydrogen) atoms. The van der Waals surface area contributed by atoms with Gasteiger partial charge in [0.1, 0.15) is 0 Å². The number of rotatable bonds is 3. The first-order valence-corrected chi connectivity index (χ1v) is 7.10. The minimum absolute atomic E-state index is 0.0518. The number of aryl methyl sites for hydroxylation is 1. The van der Waals surface area contributed by atoms with Crippen LogP contribution in [0.25, 0.3) is 0 Å². The molecule has 0 atom stereocenters. The molecule has 0 aromatic heterocycles. The fraction of sp³-hybridized carbons (Fsp3) is 0.250. The molecular formula is C8H9ClO2S2. The second kappa shape index (κ2) is 4.35. The summed E-state index contributed by atoms with van der Waals surface area (Å²) in [7, 11) is -2.51. The molecule has 0 aliphatic heterocycles. The van der Waals surface area contributed by atoms with E-state index < -0.39 is 8.87 Å². The van der Waals surface area contributed by atoms with Gasteiger partial charge < -0.3 is 0 Å². The Hall–Kier alpha value is -0.190. The Bertz CT molecular complexity index is 370. The third-order valence-corrected chi connectivity index (χ3v) is 5.34. The molecule has 0 bridgehead atoms. The molecule has 0 N–H and O–H groups in total. The zero-order valence-electron chi connectivity index (χ0n) is 7.03. The fourth-order valence-corrected chi connectivity index (χ4v) is 3.70. The summed E-state index contributed by atoms with van der Waals surface area (Å²) in [6.07, 6.45) is 0. The van der Waals surface area contributed by atoms with E-state index in [0.717, 1.165) is 16.4 Å². The van der Waals surface area contributed by atoms with Gasteiger partial charge in [-0.15, -0.1) is 11.6 Å². The van der Waals surface area contributed by atoms with Crippen LogP contribution in [0.3, 0.4) is 0 Å². The number of benzene rings is 1. The van der Waals surface area contributed by atoms with Gasteiger partial charge >= 0.3 is 0 Å². The molecule has 0 aliphatic rings. The molecule has 0 fully saturated rings. The van der Waals surface area contributed by atoms with Crippen LogP contribution in [-0.2, 0) is 8.87 Å². The largest absolute Gasteiger partial charge is 0.231 e. The van der Waals surface area contributed by atoms with Crippen LogP contribution in [0.5, 0.6) is 0 Å². The number of hydrogen-bond donors (Lipinski definition) is 0. The number of hydrogen-bond acceptors (Lipinski definition) is 3. The topological polar surface area (TPSA) is 34.1 Å². The third-order valence-electron chi connectivity index (χ3n) is 1.51. The normalized spacial score (nSPS) is 11.5. The maximum Gasteiger partial charge on any atom is 0.231 e. The lowest BCUT2D eigenvalue weighted by Crippen LogP contribution is -1.94. The van der Waals surface area contributed by atoms with Crippen molar-refractivity contribution in [3.05, 3.63) is 29.8 Å². The Labute approximate surface area is 86.6 Å². The monoisotopic (exact) mass is 236 g/mol. The highest BCUT2D eigenvalue weighted by Gasteiger charge is 2.13. The molecule has 1 aromatic carbocycles. The number of halogens is 1. The Morgan fingerprint density at radius 1 is 1.31 bits per heavy atom. The summed E-state index contributed by atoms with van der Waals surface area (Å²) in [5.74, 6) is 0. The Morgan fingerprint density at radius 3 is 2.31 bits per heavy atom. The van der Waals surface area contributed by atoms with E-state index in [9.17, 15) is 8.42 Å². The van der Waals surface area contributed by atoms with Crippen molar-refractivity contribution in [2.75, 3.05) is 5.21 Å². The first kappa shape index (κ1) is 10.9. The molecule has 0 spiro atoms. The van der Waals surface area contributed by atoms with Gasteiger partial charge in [0.25, 0.3) is 0 Å². The summed E-state index contributed by atoms with van der Waals surface area (Å²) in [4.78, 5) is 0.309. The van der Waals surface area contributed by atoms with Crippen LogP contribution in [0.2, 0.25) is 0 Å². The molecule has 0 aliphatic carbocycles. The fourth-order valence-electron chi connectivity index (χ4n) is 0.832. The minimum Gasteiger partial charge on any atom is -0.212 e. The van der Waals surface area contributed by atoms with E-state index in [4.69, 9.17) is 11.6 Å². The first-order chi connectivity index (χ1) is 6.06. The third kappa shape index (κ3) is 2.90. The van der Waals surface area contributed by atoms with Gasteiger partial charge in [-0.2, -0.15) is 0 Å². The predicted molar refractivity (Wildman–Crippen MR) is 56.7 cm³/mol. The van der Waals surface area contributed by atoms with Crippen molar-refractivity contribution in [2.45, 2.75) is 11.8 Å². The summed E-state index contributed by atoms with van der Waals surface area (Å²) < 4.78 is 22.8. The summed E-state index contributed by atoms with van der Waals surface area (Å²) in [5.41, 5.74) is 1.04. The zero-order valence-corrected chi connectivity index (χ0v) is 9.42. The smallest absolute Gasteiger partial charge is 0.212 e. The molecule has 0 saturated carbocycles. The quantitative estimate of drug-likeness (QED) is 0.598. The van der Waals surface area contributed by atoms with E-state index in [1.165, 1.54) is 0 Å². The van der Waals surface area contributed by atoms with Crippen molar-refractivity contribution in [3.63, 3.8) is 0 Å². The van der Waals surface area contributed by atoms with Crippen LogP contribution in [0.1, 0.15) is 5.56 Å². The maximum absolute atomic E-state index is 11.4. The summed E-state index contributed by atoms with van der Waals surface area (Å²) in [5, 5.41) is 0.0518. The maximum atomic E-state index is 11.4. The zero-order chi connectivity index (χ0) is 9.90. The molecule has 0 radical (unpaired) electrons. The molecule has 1 rings (SSSR count). The molecule has 2 nitrogen and oxygen atoms in total. The van der Waals surface area contributed by atoms with Gasteiger partial charge in [0, 0.05) is 0 Å². The van der Waals surface area contributed by atoms with Crippen molar-refractivity contribution in [1.82, 2.24) is 0 Å². The Morgan fingerprint density at radius 2 is 1.85 bits per heavy atom. The van der Waals surface area contributed by atoms with Crippen molar-refractivity contribution in [3.8, 4) is 0 Å². The molecule has 0 amide bonds. The molecule has 0 heterocycles. The SMILES string of the molecule is Cc1ccc(S(=O)(=O)SCCl)cc1. The van der Waals surface area contributed by atoms with Crippen LogP contribution < -0.4 is 0 Å². The van der Waals surface area contributed by atoms with E-state index in [2.05, 4.69) is 0 Å². The van der Waals surface area contributed by atoms with E-state index in [1.54, 1.807) is 24.3 Å². The second-order valence-corrected chi connectivity index (χ2v) is 7.01. The highest BCUT2D eigenvalue weighted by Crippen LogP contribution is 2.23. The molecule has 0 unspecified atom stereocenters. The lowest BCUT2D eigenvalue weighted by molar-refractivity contribution is 0.610. The average Bonchev–Trinajstić information content (AvgIpc) is 2.05. The van der Waals surface area contributed by atoms with Gasteiger partial charge in [-0.05, 0) is 29.9 Å². The van der Waals surface area contributed by atoms with E-state index in [0.29, 0.717) is 4.90 Å². The van der Waals surface area contributed by atoms with E-state index in [-0.39, 0.29) is 5.21 Å². The van der Waals surface area contributed by atoms with Gasteiger partial charge in [-0.3, -0.25) is 0 Å². The number of alkyl halides is 1. The standard InChI is InChI=1S/C8H9ClO2S2/c1-7-2-4-8(5-3-7)13(10,11)12-6-9/h2-5H,6H2,1H3. The Balaban J connectivity index is 3.02. The highest BCUT2D eigenvalue weighted by molar-refractivity contribution is 8.72. The van der Waals surface area contributed by atoms with Gasteiger partial charge in [-0.25, -0.2) is 8.42 Å². The van der Waals surface area contributed by atoms with Crippen molar-refractivity contribution in [1.29, 1.82) is 0 Å². The molecule has 72 valence electrons. The minimum atomic E-state index is -3.24. The summed E-state index contributed by atoms with van der Waals surface area (Å²) in [6.45, 7) is 1.91. The first-order valence-electron chi connectivity index (χ1n) is 3.58. The molecule has 0 saturated heterocycles. The summed E-state index contributed by atoms with van der Waals surface area (Å²) >= 11 is 5.35. The van der Waals surface area contributed by atoms with Crippen molar-refractivity contribution >= 4 is 31.3 Å². The summed E-state index contributed by atoms with van der Waals surface area (Å²) in [6, 6.07) is 6.71. The van der Waals surface area contributed by atoms with Crippen LogP contribution in [-0.4, -0.2) is 13.6 Å².